The Morgan fingerprint density at radius 3 is 2.14 bits per heavy atom. The van der Waals surface area contributed by atoms with E-state index in [-0.39, 0.29) is 0 Å². The molecule has 2 aromatic carbocycles. The lowest BCUT2D eigenvalue weighted by molar-refractivity contribution is 0.340. The van der Waals surface area contributed by atoms with Crippen LogP contribution in [0.3, 0.4) is 0 Å². The molecule has 1 N–H and O–H groups in total. The second-order valence-electron chi connectivity index (χ2n) is 7.31. The lowest BCUT2D eigenvalue weighted by Crippen LogP contribution is -2.00. The fourth-order valence-electron chi connectivity index (χ4n) is 3.90. The van der Waals surface area contributed by atoms with E-state index in [4.69, 9.17) is 4.74 Å². The van der Waals surface area contributed by atoms with E-state index >= 15 is 0 Å². The average molecular weight is 386 g/mol. The molecule has 0 unspecified atom stereocenters. The molecule has 0 saturated carbocycles. The van der Waals surface area contributed by atoms with Gasteiger partial charge in [0, 0.05) is 33.5 Å². The van der Waals surface area contributed by atoms with Crippen molar-refractivity contribution in [3.63, 3.8) is 0 Å². The number of aromatic nitrogens is 3. The first-order valence-electron chi connectivity index (χ1n) is 9.91. The maximum Gasteiger partial charge on any atom is 0.162 e. The number of rotatable bonds is 5. The molecule has 0 aliphatic rings. The molecule has 0 bridgehead atoms. The monoisotopic (exact) mass is 386 g/mol. The van der Waals surface area contributed by atoms with Gasteiger partial charge < -0.3 is 14.6 Å². The topological polar surface area (TPSA) is 52.0 Å². The number of nitrogens with one attached hydrogen (secondary N) is 1. The van der Waals surface area contributed by atoms with Gasteiger partial charge in [-0.05, 0) is 71.0 Å². The Morgan fingerprint density at radius 2 is 1.48 bits per heavy atom. The molecule has 0 radical (unpaired) electrons. The molecule has 2 heterocycles. The molecule has 2 aromatic heterocycles. The van der Waals surface area contributed by atoms with Crippen molar-refractivity contribution in [3.8, 4) is 11.4 Å². The van der Waals surface area contributed by atoms with Crippen molar-refractivity contribution < 1.29 is 4.74 Å². The third-order valence-electron chi connectivity index (χ3n) is 5.26. The lowest BCUT2D eigenvalue weighted by atomic mass is 10.1. The summed E-state index contributed by atoms with van der Waals surface area (Å²) in [5, 5.41) is 14.6. The van der Waals surface area contributed by atoms with Crippen molar-refractivity contribution in [1.82, 2.24) is 14.8 Å². The van der Waals surface area contributed by atoms with Crippen LogP contribution in [0.25, 0.3) is 16.5 Å². The number of aryl methyl sites for hydroxylation is 4. The quantitative estimate of drug-likeness (QED) is 0.471. The fraction of sp³-hybridized carbons (Fsp3) is 0.250. The highest BCUT2D eigenvalue weighted by Gasteiger charge is 2.19. The van der Waals surface area contributed by atoms with E-state index in [1.54, 1.807) is 0 Å². The van der Waals surface area contributed by atoms with E-state index in [2.05, 4.69) is 77.3 Å². The van der Waals surface area contributed by atoms with Gasteiger partial charge in [0.2, 0.25) is 0 Å². The van der Waals surface area contributed by atoms with Crippen LogP contribution in [0, 0.1) is 27.7 Å². The van der Waals surface area contributed by atoms with Crippen molar-refractivity contribution in [1.29, 1.82) is 0 Å². The molecule has 0 saturated heterocycles. The van der Waals surface area contributed by atoms with Gasteiger partial charge in [0.15, 0.2) is 5.82 Å². The minimum Gasteiger partial charge on any atom is -0.494 e. The summed E-state index contributed by atoms with van der Waals surface area (Å²) in [6.45, 7) is 11.0. The molecule has 4 aromatic rings. The first-order valence-corrected chi connectivity index (χ1v) is 9.91. The second kappa shape index (κ2) is 7.59. The Hall–Kier alpha value is -3.34. The van der Waals surface area contributed by atoms with Gasteiger partial charge in [-0.25, -0.2) is 0 Å². The lowest BCUT2D eigenvalue weighted by Gasteiger charge is -2.11. The summed E-state index contributed by atoms with van der Waals surface area (Å²) in [7, 11) is 0. The van der Waals surface area contributed by atoms with Crippen molar-refractivity contribution in [2.75, 3.05) is 11.9 Å². The SMILES string of the molecule is CCOc1ccc(-n2c(C)c3c(C)nnc(Nc4ccc(C)cc4)c3c2C)cc1. The first kappa shape index (κ1) is 19.0. The number of ether oxygens (including phenoxy) is 1. The third kappa shape index (κ3) is 3.44. The predicted octanol–water partition coefficient (Wildman–Crippen LogP) is 5.80. The molecule has 5 nitrogen and oxygen atoms in total. The molecule has 0 aliphatic carbocycles. The fourth-order valence-corrected chi connectivity index (χ4v) is 3.90. The van der Waals surface area contributed by atoms with E-state index in [9.17, 15) is 0 Å². The summed E-state index contributed by atoms with van der Waals surface area (Å²) in [6.07, 6.45) is 0. The molecular formula is C24H26N4O. The van der Waals surface area contributed by atoms with Crippen LogP contribution in [0.5, 0.6) is 5.75 Å². The van der Waals surface area contributed by atoms with Crippen LogP contribution in [0.2, 0.25) is 0 Å². The number of nitrogens with zero attached hydrogens (tertiary/aromatic N) is 3. The smallest absolute Gasteiger partial charge is 0.162 e. The van der Waals surface area contributed by atoms with E-state index < -0.39 is 0 Å². The molecular weight excluding hydrogens is 360 g/mol. The van der Waals surface area contributed by atoms with Gasteiger partial charge in [-0.2, -0.15) is 5.10 Å². The molecule has 148 valence electrons. The standard InChI is InChI=1S/C24H26N4O/c1-6-29-21-13-11-20(12-14-21)28-17(4)22-16(3)26-27-24(23(22)18(28)5)25-19-9-7-15(2)8-10-19/h7-14H,6H2,1-5H3,(H,25,27). The van der Waals surface area contributed by atoms with Gasteiger partial charge in [0.25, 0.3) is 0 Å². The average Bonchev–Trinajstić information content (AvgIpc) is 2.98. The highest BCUT2D eigenvalue weighted by molar-refractivity contribution is 5.99. The largest absolute Gasteiger partial charge is 0.494 e. The van der Waals surface area contributed by atoms with Gasteiger partial charge in [-0.1, -0.05) is 17.7 Å². The van der Waals surface area contributed by atoms with E-state index in [0.29, 0.717) is 6.61 Å². The van der Waals surface area contributed by atoms with Crippen LogP contribution in [0.1, 0.15) is 29.6 Å². The summed E-state index contributed by atoms with van der Waals surface area (Å²) in [5.74, 6) is 1.66. The van der Waals surface area contributed by atoms with Crippen LogP contribution in [-0.2, 0) is 0 Å². The van der Waals surface area contributed by atoms with Gasteiger partial charge in [-0.3, -0.25) is 0 Å². The Balaban J connectivity index is 1.85. The number of hydrogen-bond donors (Lipinski definition) is 1. The highest BCUT2D eigenvalue weighted by atomic mass is 16.5. The van der Waals surface area contributed by atoms with Crippen molar-refractivity contribution in [2.24, 2.45) is 0 Å². The van der Waals surface area contributed by atoms with Crippen molar-refractivity contribution in [3.05, 3.63) is 71.2 Å². The van der Waals surface area contributed by atoms with Gasteiger partial charge in [0.1, 0.15) is 5.75 Å². The number of benzene rings is 2. The van der Waals surface area contributed by atoms with Crippen LogP contribution in [0.15, 0.2) is 48.5 Å². The summed E-state index contributed by atoms with van der Waals surface area (Å²) < 4.78 is 7.85. The zero-order valence-electron chi connectivity index (χ0n) is 17.6. The molecule has 29 heavy (non-hydrogen) atoms. The van der Waals surface area contributed by atoms with E-state index in [1.807, 2.05) is 26.0 Å². The minimum atomic E-state index is 0.662. The van der Waals surface area contributed by atoms with Crippen LogP contribution < -0.4 is 10.1 Å². The summed E-state index contributed by atoms with van der Waals surface area (Å²) >= 11 is 0. The van der Waals surface area contributed by atoms with Crippen molar-refractivity contribution in [2.45, 2.75) is 34.6 Å². The Labute approximate surface area is 171 Å². The number of hydrogen-bond acceptors (Lipinski definition) is 4. The van der Waals surface area contributed by atoms with E-state index in [1.165, 1.54) is 5.56 Å². The molecule has 5 heteroatoms. The second-order valence-corrected chi connectivity index (χ2v) is 7.31. The summed E-state index contributed by atoms with van der Waals surface area (Å²) in [6, 6.07) is 16.5. The zero-order chi connectivity index (χ0) is 20.5. The molecule has 0 spiro atoms. The molecule has 0 aliphatic heterocycles. The third-order valence-corrected chi connectivity index (χ3v) is 5.26. The zero-order valence-corrected chi connectivity index (χ0v) is 17.6. The predicted molar refractivity (Wildman–Crippen MR) is 119 cm³/mol. The van der Waals surface area contributed by atoms with Gasteiger partial charge in [0.05, 0.1) is 12.3 Å². The van der Waals surface area contributed by atoms with Crippen molar-refractivity contribution >= 4 is 22.3 Å². The number of fused-ring (bicyclic) bond motifs is 1. The van der Waals surface area contributed by atoms with Crippen LogP contribution in [0.4, 0.5) is 11.5 Å². The maximum absolute atomic E-state index is 5.59. The molecule has 4 rings (SSSR count). The van der Waals surface area contributed by atoms with Crippen LogP contribution in [-0.4, -0.2) is 21.4 Å². The normalized spacial score (nSPS) is 11.1. The molecule has 0 atom stereocenters. The maximum atomic E-state index is 5.59. The summed E-state index contributed by atoms with van der Waals surface area (Å²) in [5.41, 5.74) is 6.54. The Bertz CT molecular complexity index is 1160. The highest BCUT2D eigenvalue weighted by Crippen LogP contribution is 2.35. The first-order chi connectivity index (χ1) is 14.0. The Kier molecular flexibility index (Phi) is 4.97. The minimum absolute atomic E-state index is 0.662. The molecule has 0 amide bonds. The van der Waals surface area contributed by atoms with Gasteiger partial charge >= 0.3 is 0 Å². The van der Waals surface area contributed by atoms with E-state index in [0.717, 1.165) is 50.8 Å². The summed E-state index contributed by atoms with van der Waals surface area (Å²) in [4.78, 5) is 0. The van der Waals surface area contributed by atoms with Crippen LogP contribution >= 0.6 is 0 Å². The van der Waals surface area contributed by atoms with Gasteiger partial charge in [-0.15, -0.1) is 5.10 Å². The molecule has 0 fully saturated rings. The number of anilines is 2. The Morgan fingerprint density at radius 1 is 0.828 bits per heavy atom.